The zero-order valence-electron chi connectivity index (χ0n) is 13.6. The van der Waals surface area contributed by atoms with E-state index in [0.29, 0.717) is 10.9 Å². The molecular weight excluding hydrogens is 353 g/mol. The summed E-state index contributed by atoms with van der Waals surface area (Å²) in [5.41, 5.74) is -0.273. The lowest BCUT2D eigenvalue weighted by atomic mass is 10.2. The highest BCUT2D eigenvalue weighted by atomic mass is 32.1. The molecule has 26 heavy (non-hydrogen) atoms. The summed E-state index contributed by atoms with van der Waals surface area (Å²) < 4.78 is 16.6. The maximum absolute atomic E-state index is 14.1. The van der Waals surface area contributed by atoms with Crippen LogP contribution in [0.2, 0.25) is 0 Å². The first-order chi connectivity index (χ1) is 12.6. The van der Waals surface area contributed by atoms with Gasteiger partial charge in [0.15, 0.2) is 0 Å². The van der Waals surface area contributed by atoms with Crippen LogP contribution >= 0.6 is 11.3 Å². The van der Waals surface area contributed by atoms with Crippen LogP contribution < -0.4 is 11.2 Å². The van der Waals surface area contributed by atoms with E-state index in [2.05, 4.69) is 4.98 Å². The highest BCUT2D eigenvalue weighted by Crippen LogP contribution is 2.12. The molecule has 0 saturated carbocycles. The fourth-order valence-corrected chi connectivity index (χ4v) is 3.58. The number of benzene rings is 1. The van der Waals surface area contributed by atoms with Gasteiger partial charge in [0.1, 0.15) is 11.5 Å². The average Bonchev–Trinajstić information content (AvgIpc) is 3.17. The Labute approximate surface area is 151 Å². The fraction of sp³-hybridized carbons (Fsp3) is 0.105. The van der Waals surface area contributed by atoms with Gasteiger partial charge in [-0.1, -0.05) is 24.3 Å². The number of thiophene rings is 1. The lowest BCUT2D eigenvalue weighted by Crippen LogP contribution is -2.40. The van der Waals surface area contributed by atoms with Gasteiger partial charge in [-0.2, -0.15) is 0 Å². The lowest BCUT2D eigenvalue weighted by molar-refractivity contribution is 0.583. The van der Waals surface area contributed by atoms with Crippen molar-refractivity contribution in [1.82, 2.24) is 14.1 Å². The van der Waals surface area contributed by atoms with Gasteiger partial charge in [-0.05, 0) is 29.6 Å². The average molecular weight is 367 g/mol. The first kappa shape index (κ1) is 16.4. The van der Waals surface area contributed by atoms with Gasteiger partial charge in [-0.3, -0.25) is 13.9 Å². The van der Waals surface area contributed by atoms with Crippen molar-refractivity contribution in [2.24, 2.45) is 0 Å². The van der Waals surface area contributed by atoms with Crippen molar-refractivity contribution in [3.05, 3.63) is 97.2 Å². The standard InChI is InChI=1S/C19H14FN3O2S/c20-16-8-2-1-5-13(16)11-22-17-15(7-3-9-21-17)18(24)23(19(22)25)12-14-6-4-10-26-14/h1-10H,11-12H2. The van der Waals surface area contributed by atoms with Crippen LogP contribution in [0.15, 0.2) is 69.7 Å². The predicted molar refractivity (Wildman–Crippen MR) is 99.2 cm³/mol. The molecule has 0 radical (unpaired) electrons. The van der Waals surface area contributed by atoms with Gasteiger partial charge < -0.3 is 0 Å². The smallest absolute Gasteiger partial charge is 0.273 e. The van der Waals surface area contributed by atoms with E-state index in [1.54, 1.807) is 30.3 Å². The number of aromatic nitrogens is 3. The Hall–Kier alpha value is -3.06. The fourth-order valence-electron chi connectivity index (χ4n) is 2.88. The number of fused-ring (bicyclic) bond motifs is 1. The molecule has 4 aromatic rings. The summed E-state index contributed by atoms with van der Waals surface area (Å²) in [6.07, 6.45) is 1.52. The van der Waals surface area contributed by atoms with Gasteiger partial charge >= 0.3 is 5.69 Å². The van der Waals surface area contributed by atoms with Crippen molar-refractivity contribution in [3.63, 3.8) is 0 Å². The molecule has 3 aromatic heterocycles. The Morgan fingerprint density at radius 3 is 2.58 bits per heavy atom. The van der Waals surface area contributed by atoms with Gasteiger partial charge in [-0.15, -0.1) is 11.3 Å². The molecule has 1 aromatic carbocycles. The summed E-state index contributed by atoms with van der Waals surface area (Å²) in [6, 6.07) is 13.3. The highest BCUT2D eigenvalue weighted by molar-refractivity contribution is 7.09. The van der Waals surface area contributed by atoms with E-state index >= 15 is 0 Å². The Morgan fingerprint density at radius 1 is 0.962 bits per heavy atom. The maximum Gasteiger partial charge on any atom is 0.333 e. The monoisotopic (exact) mass is 367 g/mol. The normalized spacial score (nSPS) is 11.1. The van der Waals surface area contributed by atoms with Crippen LogP contribution in [0.4, 0.5) is 4.39 Å². The molecule has 7 heteroatoms. The van der Waals surface area contributed by atoms with E-state index in [9.17, 15) is 14.0 Å². The minimum atomic E-state index is -0.502. The third-order valence-electron chi connectivity index (χ3n) is 4.16. The van der Waals surface area contributed by atoms with E-state index in [0.717, 1.165) is 4.88 Å². The molecule has 0 N–H and O–H groups in total. The molecule has 0 aliphatic carbocycles. The number of nitrogens with zero attached hydrogens (tertiary/aromatic N) is 3. The molecule has 0 unspecified atom stereocenters. The Balaban J connectivity index is 1.95. The second-order valence-corrected chi connectivity index (χ2v) is 6.84. The van der Waals surface area contributed by atoms with E-state index in [-0.39, 0.29) is 18.7 Å². The van der Waals surface area contributed by atoms with E-state index in [1.807, 2.05) is 17.5 Å². The van der Waals surface area contributed by atoms with Crippen LogP contribution in [0.5, 0.6) is 0 Å². The summed E-state index contributed by atoms with van der Waals surface area (Å²) in [6.45, 7) is 0.182. The van der Waals surface area contributed by atoms with Crippen LogP contribution in [0.1, 0.15) is 10.4 Å². The molecule has 130 valence electrons. The third kappa shape index (κ3) is 2.86. The van der Waals surface area contributed by atoms with Crippen molar-refractivity contribution < 1.29 is 4.39 Å². The van der Waals surface area contributed by atoms with Crippen LogP contribution in [-0.2, 0) is 13.1 Å². The van der Waals surface area contributed by atoms with Crippen molar-refractivity contribution in [2.45, 2.75) is 13.1 Å². The van der Waals surface area contributed by atoms with E-state index < -0.39 is 17.1 Å². The van der Waals surface area contributed by atoms with Crippen molar-refractivity contribution in [2.75, 3.05) is 0 Å². The quantitative estimate of drug-likeness (QED) is 0.557. The molecule has 0 spiro atoms. The molecule has 0 fully saturated rings. The summed E-state index contributed by atoms with van der Waals surface area (Å²) >= 11 is 1.47. The summed E-state index contributed by atoms with van der Waals surface area (Å²) in [7, 11) is 0. The van der Waals surface area contributed by atoms with Crippen molar-refractivity contribution in [3.8, 4) is 0 Å². The van der Waals surface area contributed by atoms with Gasteiger partial charge in [0.25, 0.3) is 5.56 Å². The third-order valence-corrected chi connectivity index (χ3v) is 5.02. The summed E-state index contributed by atoms with van der Waals surface area (Å²) in [4.78, 5) is 30.9. The predicted octanol–water partition coefficient (Wildman–Crippen LogP) is 2.86. The molecule has 5 nitrogen and oxygen atoms in total. The van der Waals surface area contributed by atoms with E-state index in [4.69, 9.17) is 0 Å². The molecule has 4 rings (SSSR count). The maximum atomic E-state index is 14.1. The molecule has 0 aliphatic rings. The van der Waals surface area contributed by atoms with Gasteiger partial charge in [0.2, 0.25) is 0 Å². The SMILES string of the molecule is O=c1c2cccnc2n(Cc2ccccc2F)c(=O)n1Cc1cccs1. The number of hydrogen-bond acceptors (Lipinski definition) is 4. The second-order valence-electron chi connectivity index (χ2n) is 5.81. The number of pyridine rings is 1. The van der Waals surface area contributed by atoms with Crippen LogP contribution in [0, 0.1) is 5.82 Å². The molecule has 0 aliphatic heterocycles. The Kier molecular flexibility index (Phi) is 4.22. The van der Waals surface area contributed by atoms with Crippen molar-refractivity contribution >= 4 is 22.4 Å². The van der Waals surface area contributed by atoms with Gasteiger partial charge in [0, 0.05) is 16.6 Å². The Morgan fingerprint density at radius 2 is 1.81 bits per heavy atom. The number of rotatable bonds is 4. The zero-order chi connectivity index (χ0) is 18.1. The lowest BCUT2D eigenvalue weighted by Gasteiger charge is -2.13. The molecule has 0 atom stereocenters. The Bertz CT molecular complexity index is 1200. The largest absolute Gasteiger partial charge is 0.333 e. The van der Waals surface area contributed by atoms with Crippen LogP contribution in [0.3, 0.4) is 0 Å². The molecule has 0 amide bonds. The van der Waals surface area contributed by atoms with Gasteiger partial charge in [-0.25, -0.2) is 14.2 Å². The highest BCUT2D eigenvalue weighted by Gasteiger charge is 2.15. The van der Waals surface area contributed by atoms with E-state index in [1.165, 1.54) is 32.7 Å². The first-order valence-electron chi connectivity index (χ1n) is 7.99. The second kappa shape index (κ2) is 6.68. The van der Waals surface area contributed by atoms with Crippen molar-refractivity contribution in [1.29, 1.82) is 0 Å². The molecule has 3 heterocycles. The number of hydrogen-bond donors (Lipinski definition) is 0. The number of halogens is 1. The van der Waals surface area contributed by atoms with Crippen LogP contribution in [-0.4, -0.2) is 14.1 Å². The molecular formula is C19H14FN3O2S. The van der Waals surface area contributed by atoms with Gasteiger partial charge in [0.05, 0.1) is 18.5 Å². The molecule has 0 saturated heterocycles. The minimum absolute atomic E-state index is 0.00371. The summed E-state index contributed by atoms with van der Waals surface area (Å²) in [5, 5.41) is 2.22. The summed E-state index contributed by atoms with van der Waals surface area (Å²) in [5.74, 6) is -0.403. The molecule has 0 bridgehead atoms. The topological polar surface area (TPSA) is 56.9 Å². The zero-order valence-corrected chi connectivity index (χ0v) is 14.4. The first-order valence-corrected chi connectivity index (χ1v) is 8.87. The van der Waals surface area contributed by atoms with Crippen LogP contribution in [0.25, 0.3) is 11.0 Å². The minimum Gasteiger partial charge on any atom is -0.273 e.